The molecule has 0 heterocycles. The van der Waals surface area contributed by atoms with E-state index in [1.54, 1.807) is 0 Å². The first-order valence-electron chi connectivity index (χ1n) is 7.40. The molecular formula is C19H23NO. The van der Waals surface area contributed by atoms with Crippen molar-refractivity contribution in [2.45, 2.75) is 32.4 Å². The largest absolute Gasteiger partial charge is 0.489 e. The molecule has 0 spiro atoms. The number of rotatable bonds is 7. The Balaban J connectivity index is 2.16. The molecular weight excluding hydrogens is 258 g/mol. The minimum Gasteiger partial charge on any atom is -0.489 e. The number of hydrogen-bond acceptors (Lipinski definition) is 2. The lowest BCUT2D eigenvalue weighted by molar-refractivity contribution is 0.303. The van der Waals surface area contributed by atoms with E-state index >= 15 is 0 Å². The zero-order valence-electron chi connectivity index (χ0n) is 12.6. The minimum atomic E-state index is 0.0803. The van der Waals surface area contributed by atoms with Gasteiger partial charge in [0, 0.05) is 6.04 Å². The summed E-state index contributed by atoms with van der Waals surface area (Å²) in [5.74, 6) is 0.908. The molecule has 2 nitrogen and oxygen atoms in total. The van der Waals surface area contributed by atoms with Gasteiger partial charge in [-0.05, 0) is 35.6 Å². The van der Waals surface area contributed by atoms with Gasteiger partial charge in [-0.15, -0.1) is 6.58 Å². The van der Waals surface area contributed by atoms with Gasteiger partial charge in [0.1, 0.15) is 12.4 Å². The van der Waals surface area contributed by atoms with E-state index in [4.69, 9.17) is 10.5 Å². The molecule has 2 rings (SSSR count). The molecule has 0 aliphatic carbocycles. The Labute approximate surface area is 127 Å². The summed E-state index contributed by atoms with van der Waals surface area (Å²) in [5.41, 5.74) is 9.57. The predicted octanol–water partition coefficient (Wildman–Crippen LogP) is 4.40. The van der Waals surface area contributed by atoms with Crippen molar-refractivity contribution in [3.05, 3.63) is 77.9 Å². The Hall–Kier alpha value is -2.06. The Morgan fingerprint density at radius 2 is 1.95 bits per heavy atom. The van der Waals surface area contributed by atoms with E-state index < -0.39 is 0 Å². The number of ether oxygens (including phenoxy) is 1. The predicted molar refractivity (Wildman–Crippen MR) is 88.3 cm³/mol. The summed E-state index contributed by atoms with van der Waals surface area (Å²) in [6.45, 7) is 6.49. The van der Waals surface area contributed by atoms with Gasteiger partial charge >= 0.3 is 0 Å². The van der Waals surface area contributed by atoms with E-state index in [0.717, 1.165) is 35.3 Å². The van der Waals surface area contributed by atoms with Crippen LogP contribution in [0, 0.1) is 0 Å². The standard InChI is InChI=1S/C19H23NO/c1-3-8-17-13-16(18(20)4-2)11-12-19(17)21-14-15-9-6-5-7-10-15/h3,5-7,9-13,18H,1,4,8,14,20H2,2H3. The van der Waals surface area contributed by atoms with Crippen molar-refractivity contribution in [3.8, 4) is 5.75 Å². The van der Waals surface area contributed by atoms with Gasteiger partial charge in [0.2, 0.25) is 0 Å². The summed E-state index contributed by atoms with van der Waals surface area (Å²) >= 11 is 0. The summed E-state index contributed by atoms with van der Waals surface area (Å²) in [5, 5.41) is 0. The summed E-state index contributed by atoms with van der Waals surface area (Å²) in [4.78, 5) is 0. The van der Waals surface area contributed by atoms with E-state index in [0.29, 0.717) is 6.61 Å². The second-order valence-electron chi connectivity index (χ2n) is 5.15. The Kier molecular flexibility index (Phi) is 5.59. The van der Waals surface area contributed by atoms with Gasteiger partial charge < -0.3 is 10.5 Å². The highest BCUT2D eigenvalue weighted by molar-refractivity contribution is 5.39. The highest BCUT2D eigenvalue weighted by Crippen LogP contribution is 2.25. The third-order valence-corrected chi connectivity index (χ3v) is 3.55. The number of benzene rings is 2. The van der Waals surface area contributed by atoms with Crippen LogP contribution in [0.5, 0.6) is 5.75 Å². The van der Waals surface area contributed by atoms with Crippen LogP contribution in [0.3, 0.4) is 0 Å². The van der Waals surface area contributed by atoms with Crippen molar-refractivity contribution in [1.29, 1.82) is 0 Å². The van der Waals surface area contributed by atoms with Gasteiger partial charge in [-0.3, -0.25) is 0 Å². The molecule has 0 saturated heterocycles. The van der Waals surface area contributed by atoms with Gasteiger partial charge in [-0.25, -0.2) is 0 Å². The van der Waals surface area contributed by atoms with Crippen molar-refractivity contribution >= 4 is 0 Å². The van der Waals surface area contributed by atoms with Crippen LogP contribution in [-0.4, -0.2) is 0 Å². The average molecular weight is 281 g/mol. The molecule has 1 atom stereocenters. The lowest BCUT2D eigenvalue weighted by Gasteiger charge is -2.15. The van der Waals surface area contributed by atoms with Crippen molar-refractivity contribution in [1.82, 2.24) is 0 Å². The normalized spacial score (nSPS) is 11.9. The molecule has 2 aromatic rings. The Morgan fingerprint density at radius 1 is 1.19 bits per heavy atom. The maximum atomic E-state index is 6.11. The SMILES string of the molecule is C=CCc1cc(C(N)CC)ccc1OCc1ccccc1. The molecule has 0 bridgehead atoms. The highest BCUT2D eigenvalue weighted by Gasteiger charge is 2.08. The second-order valence-corrected chi connectivity index (χ2v) is 5.15. The fraction of sp³-hybridized carbons (Fsp3) is 0.263. The third kappa shape index (κ3) is 4.20. The summed E-state index contributed by atoms with van der Waals surface area (Å²) in [6.07, 6.45) is 3.61. The Morgan fingerprint density at radius 3 is 2.62 bits per heavy atom. The molecule has 1 unspecified atom stereocenters. The van der Waals surface area contributed by atoms with Gasteiger partial charge in [0.05, 0.1) is 0 Å². The van der Waals surface area contributed by atoms with Crippen LogP contribution in [0.1, 0.15) is 36.1 Å². The molecule has 2 N–H and O–H groups in total. The molecule has 110 valence electrons. The first-order chi connectivity index (χ1) is 10.2. The lowest BCUT2D eigenvalue weighted by Crippen LogP contribution is -2.09. The van der Waals surface area contributed by atoms with Crippen molar-refractivity contribution in [2.24, 2.45) is 5.73 Å². The van der Waals surface area contributed by atoms with E-state index in [9.17, 15) is 0 Å². The molecule has 0 aliphatic heterocycles. The monoisotopic (exact) mass is 281 g/mol. The van der Waals surface area contributed by atoms with Crippen LogP contribution in [0.25, 0.3) is 0 Å². The van der Waals surface area contributed by atoms with Gasteiger partial charge in [-0.2, -0.15) is 0 Å². The van der Waals surface area contributed by atoms with E-state index in [1.165, 1.54) is 0 Å². The van der Waals surface area contributed by atoms with E-state index in [2.05, 4.69) is 37.8 Å². The van der Waals surface area contributed by atoms with Crippen molar-refractivity contribution < 1.29 is 4.74 Å². The lowest BCUT2D eigenvalue weighted by atomic mass is 10.0. The molecule has 0 radical (unpaired) electrons. The molecule has 2 aromatic carbocycles. The molecule has 0 aliphatic rings. The molecule has 0 saturated carbocycles. The molecule has 0 aromatic heterocycles. The van der Waals surface area contributed by atoms with Crippen LogP contribution >= 0.6 is 0 Å². The number of allylic oxidation sites excluding steroid dienone is 1. The zero-order valence-corrected chi connectivity index (χ0v) is 12.6. The summed E-state index contributed by atoms with van der Waals surface area (Å²) in [6, 6.07) is 16.5. The second kappa shape index (κ2) is 7.65. The van der Waals surface area contributed by atoms with Crippen LogP contribution < -0.4 is 10.5 Å². The van der Waals surface area contributed by atoms with Crippen LogP contribution in [0.15, 0.2) is 61.2 Å². The molecule has 21 heavy (non-hydrogen) atoms. The first kappa shape index (κ1) is 15.3. The van der Waals surface area contributed by atoms with Gasteiger partial charge in [0.25, 0.3) is 0 Å². The van der Waals surface area contributed by atoms with E-state index in [-0.39, 0.29) is 6.04 Å². The highest BCUT2D eigenvalue weighted by atomic mass is 16.5. The van der Waals surface area contributed by atoms with Crippen LogP contribution in [0.2, 0.25) is 0 Å². The smallest absolute Gasteiger partial charge is 0.123 e. The molecule has 2 heteroatoms. The molecule has 0 amide bonds. The fourth-order valence-electron chi connectivity index (χ4n) is 2.26. The topological polar surface area (TPSA) is 35.2 Å². The third-order valence-electron chi connectivity index (χ3n) is 3.55. The first-order valence-corrected chi connectivity index (χ1v) is 7.40. The number of hydrogen-bond donors (Lipinski definition) is 1. The summed E-state index contributed by atoms with van der Waals surface area (Å²) in [7, 11) is 0. The average Bonchev–Trinajstić information content (AvgIpc) is 2.54. The quantitative estimate of drug-likeness (QED) is 0.763. The van der Waals surface area contributed by atoms with E-state index in [1.807, 2.05) is 30.3 Å². The minimum absolute atomic E-state index is 0.0803. The van der Waals surface area contributed by atoms with Gasteiger partial charge in [-0.1, -0.05) is 55.5 Å². The molecule has 0 fully saturated rings. The van der Waals surface area contributed by atoms with Crippen molar-refractivity contribution in [3.63, 3.8) is 0 Å². The number of nitrogens with two attached hydrogens (primary N) is 1. The zero-order chi connectivity index (χ0) is 15.1. The Bertz CT molecular complexity index is 577. The van der Waals surface area contributed by atoms with Crippen molar-refractivity contribution in [2.75, 3.05) is 0 Å². The van der Waals surface area contributed by atoms with Gasteiger partial charge in [0.15, 0.2) is 0 Å². The fourth-order valence-corrected chi connectivity index (χ4v) is 2.26. The maximum Gasteiger partial charge on any atom is 0.123 e. The van der Waals surface area contributed by atoms with Crippen LogP contribution in [-0.2, 0) is 13.0 Å². The van der Waals surface area contributed by atoms with Crippen LogP contribution in [0.4, 0.5) is 0 Å². The summed E-state index contributed by atoms with van der Waals surface area (Å²) < 4.78 is 5.96. The maximum absolute atomic E-state index is 6.11.